The van der Waals surface area contributed by atoms with E-state index in [0.29, 0.717) is 22.9 Å². The molecule has 2 rings (SSSR count). The van der Waals surface area contributed by atoms with Gasteiger partial charge in [0.05, 0.1) is 0 Å². The van der Waals surface area contributed by atoms with Crippen molar-refractivity contribution in [2.75, 3.05) is 6.54 Å². The third kappa shape index (κ3) is 5.75. The van der Waals surface area contributed by atoms with Crippen LogP contribution in [-0.4, -0.2) is 39.9 Å². The average Bonchev–Trinajstić information content (AvgIpc) is 2.66. The minimum Gasteiger partial charge on any atom is -0.480 e. The van der Waals surface area contributed by atoms with Crippen molar-refractivity contribution in [2.45, 2.75) is 5.37 Å². The molecular weight excluding hydrogens is 356 g/mol. The van der Waals surface area contributed by atoms with Gasteiger partial charge in [0.1, 0.15) is 6.54 Å². The molecule has 2 amide bonds. The van der Waals surface area contributed by atoms with Gasteiger partial charge in [0.25, 0.3) is 11.8 Å². The molecule has 0 aliphatic rings. The molecule has 1 unspecified atom stereocenters. The SMILES string of the molecule is O=C(O)CNC(=O)C(NC(=O)c1ccccc1)SC(=O)c1ccccc1. The highest BCUT2D eigenvalue weighted by molar-refractivity contribution is 8.15. The molecule has 0 spiro atoms. The number of carbonyl (C=O) groups is 4. The number of carboxylic acids is 1. The number of hydrogen-bond donors (Lipinski definition) is 3. The largest absolute Gasteiger partial charge is 0.480 e. The van der Waals surface area contributed by atoms with Crippen LogP contribution in [-0.2, 0) is 9.59 Å². The van der Waals surface area contributed by atoms with E-state index < -0.39 is 34.8 Å². The quantitative estimate of drug-likeness (QED) is 0.635. The van der Waals surface area contributed by atoms with Gasteiger partial charge in [0.2, 0.25) is 5.12 Å². The van der Waals surface area contributed by atoms with Gasteiger partial charge < -0.3 is 15.7 Å². The van der Waals surface area contributed by atoms with Crippen LogP contribution >= 0.6 is 11.8 Å². The van der Waals surface area contributed by atoms with Crippen LogP contribution in [0.3, 0.4) is 0 Å². The van der Waals surface area contributed by atoms with E-state index >= 15 is 0 Å². The highest BCUT2D eigenvalue weighted by Crippen LogP contribution is 2.17. The summed E-state index contributed by atoms with van der Waals surface area (Å²) in [6.45, 7) is -0.614. The zero-order chi connectivity index (χ0) is 18.9. The van der Waals surface area contributed by atoms with Crippen molar-refractivity contribution in [3.8, 4) is 0 Å². The van der Waals surface area contributed by atoms with Gasteiger partial charge in [-0.1, -0.05) is 48.5 Å². The van der Waals surface area contributed by atoms with Crippen LogP contribution in [0, 0.1) is 0 Å². The molecule has 2 aromatic rings. The van der Waals surface area contributed by atoms with Crippen LogP contribution < -0.4 is 10.6 Å². The Morgan fingerprint density at radius 1 is 0.885 bits per heavy atom. The first-order valence-electron chi connectivity index (χ1n) is 7.59. The van der Waals surface area contributed by atoms with Crippen molar-refractivity contribution >= 4 is 34.7 Å². The van der Waals surface area contributed by atoms with E-state index in [-0.39, 0.29) is 0 Å². The van der Waals surface area contributed by atoms with Gasteiger partial charge in [-0.05, 0) is 23.9 Å². The van der Waals surface area contributed by atoms with Gasteiger partial charge in [-0.15, -0.1) is 0 Å². The Labute approximate surface area is 153 Å². The fraction of sp³-hybridized carbons (Fsp3) is 0.111. The number of hydrogen-bond acceptors (Lipinski definition) is 5. The second-order valence-electron chi connectivity index (χ2n) is 5.10. The van der Waals surface area contributed by atoms with Crippen molar-refractivity contribution in [1.29, 1.82) is 0 Å². The number of carbonyl (C=O) groups excluding carboxylic acids is 3. The van der Waals surface area contributed by atoms with Crippen molar-refractivity contribution in [3.63, 3.8) is 0 Å². The Balaban J connectivity index is 2.13. The molecule has 0 heterocycles. The molecule has 8 heteroatoms. The molecule has 0 aliphatic carbocycles. The van der Waals surface area contributed by atoms with Crippen LogP contribution in [0.1, 0.15) is 20.7 Å². The molecule has 0 aliphatic heterocycles. The van der Waals surface area contributed by atoms with E-state index in [1.807, 2.05) is 0 Å². The second-order valence-corrected chi connectivity index (χ2v) is 6.18. The molecule has 0 saturated carbocycles. The Kier molecular flexibility index (Phi) is 6.92. The zero-order valence-electron chi connectivity index (χ0n) is 13.5. The molecule has 0 bridgehead atoms. The van der Waals surface area contributed by atoms with Crippen molar-refractivity contribution in [3.05, 3.63) is 71.8 Å². The van der Waals surface area contributed by atoms with Crippen LogP contribution in [0.2, 0.25) is 0 Å². The van der Waals surface area contributed by atoms with E-state index in [1.165, 1.54) is 0 Å². The number of carboxylic acid groups (broad SMARTS) is 1. The molecule has 2 aromatic carbocycles. The first-order chi connectivity index (χ1) is 12.5. The maximum atomic E-state index is 12.3. The molecule has 0 radical (unpaired) electrons. The monoisotopic (exact) mass is 372 g/mol. The van der Waals surface area contributed by atoms with Crippen LogP contribution in [0.15, 0.2) is 60.7 Å². The number of benzene rings is 2. The molecule has 0 saturated heterocycles. The zero-order valence-corrected chi connectivity index (χ0v) is 14.4. The lowest BCUT2D eigenvalue weighted by molar-refractivity contribution is -0.137. The number of aliphatic carboxylic acids is 1. The molecule has 0 aromatic heterocycles. The summed E-state index contributed by atoms with van der Waals surface area (Å²) in [7, 11) is 0. The first-order valence-corrected chi connectivity index (χ1v) is 8.47. The Morgan fingerprint density at radius 2 is 1.42 bits per heavy atom. The highest BCUT2D eigenvalue weighted by atomic mass is 32.2. The fourth-order valence-electron chi connectivity index (χ4n) is 1.95. The summed E-state index contributed by atoms with van der Waals surface area (Å²) < 4.78 is 0. The third-order valence-corrected chi connectivity index (χ3v) is 4.20. The number of amides is 2. The topological polar surface area (TPSA) is 113 Å². The van der Waals surface area contributed by atoms with Crippen LogP contribution in [0.4, 0.5) is 0 Å². The summed E-state index contributed by atoms with van der Waals surface area (Å²) in [4.78, 5) is 47.5. The lowest BCUT2D eigenvalue weighted by Crippen LogP contribution is -2.46. The molecular formula is C18H16N2O5S. The van der Waals surface area contributed by atoms with Crippen LogP contribution in [0.5, 0.6) is 0 Å². The van der Waals surface area contributed by atoms with Gasteiger partial charge in [0, 0.05) is 11.1 Å². The summed E-state index contributed by atoms with van der Waals surface area (Å²) >= 11 is 0.605. The number of thioether (sulfide) groups is 1. The molecule has 1 atom stereocenters. The lowest BCUT2D eigenvalue weighted by atomic mass is 10.2. The van der Waals surface area contributed by atoms with Gasteiger partial charge in [0.15, 0.2) is 5.37 Å². The maximum Gasteiger partial charge on any atom is 0.322 e. The second kappa shape index (κ2) is 9.38. The number of rotatable bonds is 7. The Hall–Kier alpha value is -3.13. The van der Waals surface area contributed by atoms with E-state index in [0.717, 1.165) is 0 Å². The van der Waals surface area contributed by atoms with Crippen LogP contribution in [0.25, 0.3) is 0 Å². The van der Waals surface area contributed by atoms with Crippen molar-refractivity contribution in [2.24, 2.45) is 0 Å². The van der Waals surface area contributed by atoms with Gasteiger partial charge in [-0.25, -0.2) is 0 Å². The molecule has 7 nitrogen and oxygen atoms in total. The standard InChI is InChI=1S/C18H16N2O5S/c21-14(22)11-19-16(24)17(20-15(23)12-7-3-1-4-8-12)26-18(25)13-9-5-2-6-10-13/h1-10,17H,11H2,(H,19,24)(H,20,23)(H,21,22). The highest BCUT2D eigenvalue weighted by Gasteiger charge is 2.26. The molecule has 134 valence electrons. The predicted octanol–water partition coefficient (Wildman–Crippen LogP) is 1.52. The van der Waals surface area contributed by atoms with E-state index in [1.54, 1.807) is 60.7 Å². The normalized spacial score (nSPS) is 11.2. The molecule has 0 fully saturated rings. The number of nitrogens with one attached hydrogen (secondary N) is 2. The van der Waals surface area contributed by atoms with Crippen molar-refractivity contribution in [1.82, 2.24) is 10.6 Å². The molecule has 26 heavy (non-hydrogen) atoms. The fourth-order valence-corrected chi connectivity index (χ4v) is 2.79. The summed E-state index contributed by atoms with van der Waals surface area (Å²) in [6.07, 6.45) is 0. The van der Waals surface area contributed by atoms with E-state index in [4.69, 9.17) is 5.11 Å². The summed E-state index contributed by atoms with van der Waals surface area (Å²) in [5.74, 6) is -2.55. The minimum absolute atomic E-state index is 0.316. The minimum atomic E-state index is -1.27. The van der Waals surface area contributed by atoms with E-state index in [2.05, 4.69) is 10.6 Å². The average molecular weight is 372 g/mol. The van der Waals surface area contributed by atoms with E-state index in [9.17, 15) is 19.2 Å². The third-order valence-electron chi connectivity index (χ3n) is 3.18. The van der Waals surface area contributed by atoms with Crippen molar-refractivity contribution < 1.29 is 24.3 Å². The smallest absolute Gasteiger partial charge is 0.322 e. The predicted molar refractivity (Wildman–Crippen MR) is 96.7 cm³/mol. The Morgan fingerprint density at radius 3 is 1.96 bits per heavy atom. The summed E-state index contributed by atoms with van der Waals surface area (Å²) in [5, 5.41) is 11.6. The first kappa shape index (κ1) is 19.2. The summed E-state index contributed by atoms with van der Waals surface area (Å²) in [6, 6.07) is 16.5. The van der Waals surface area contributed by atoms with Gasteiger partial charge in [-0.2, -0.15) is 0 Å². The van der Waals surface area contributed by atoms with Gasteiger partial charge in [-0.3, -0.25) is 19.2 Å². The summed E-state index contributed by atoms with van der Waals surface area (Å²) in [5.41, 5.74) is 0.679. The van der Waals surface area contributed by atoms with Gasteiger partial charge >= 0.3 is 5.97 Å². The Bertz CT molecular complexity index is 742. The maximum absolute atomic E-state index is 12.3. The molecule has 3 N–H and O–H groups in total. The lowest BCUT2D eigenvalue weighted by Gasteiger charge is -2.17.